The SMILES string of the molecule is CC(C)COC(=O)N[C@H]1CCCCCC=C[C@@H]2C[C@@]2(C(=O)NS(=O)(=O)c2cc(Cl)sc2Cl)NC(=O)[C@@H]2C[C@@H](OC(=O)N3Cc4cccc(F)c4C3)CN2C1=O. The Balaban J connectivity index is 1.26. The number of hydrogen-bond donors (Lipinski definition) is 3. The molecule has 14 nitrogen and oxygen atoms in total. The van der Waals surface area contributed by atoms with E-state index in [0.29, 0.717) is 36.8 Å². The maximum atomic E-state index is 14.4. The number of benzene rings is 1. The van der Waals surface area contributed by atoms with Crippen LogP contribution in [0.3, 0.4) is 0 Å². The number of ether oxygens (including phenoxy) is 2. The molecule has 1 aliphatic carbocycles. The number of nitrogens with zero attached hydrogens (tertiary/aromatic N) is 2. The van der Waals surface area contributed by atoms with E-state index in [1.807, 2.05) is 24.6 Å². The maximum Gasteiger partial charge on any atom is 0.410 e. The highest BCUT2D eigenvalue weighted by atomic mass is 35.5. The molecule has 1 saturated heterocycles. The highest BCUT2D eigenvalue weighted by molar-refractivity contribution is 7.90. The molecule has 0 radical (unpaired) electrons. The lowest BCUT2D eigenvalue weighted by atomic mass is 10.0. The second-order valence-corrected chi connectivity index (χ2v) is 18.6. The topological polar surface area (TPSA) is 181 Å². The third-order valence-corrected chi connectivity index (χ3v) is 13.2. The van der Waals surface area contributed by atoms with E-state index in [0.717, 1.165) is 17.4 Å². The van der Waals surface area contributed by atoms with Crippen molar-refractivity contribution in [2.24, 2.45) is 11.8 Å². The largest absolute Gasteiger partial charge is 0.449 e. The fourth-order valence-electron chi connectivity index (χ4n) is 7.10. The Kier molecular flexibility index (Phi) is 12.3. The van der Waals surface area contributed by atoms with Crippen molar-refractivity contribution in [3.63, 3.8) is 0 Å². The van der Waals surface area contributed by atoms with Crippen LogP contribution in [0.25, 0.3) is 0 Å². The summed E-state index contributed by atoms with van der Waals surface area (Å²) in [5.41, 5.74) is -0.707. The van der Waals surface area contributed by atoms with Gasteiger partial charge in [0.2, 0.25) is 11.8 Å². The van der Waals surface area contributed by atoms with Gasteiger partial charge in [0.25, 0.3) is 15.9 Å². The van der Waals surface area contributed by atoms with Crippen LogP contribution in [0.5, 0.6) is 0 Å². The number of hydrogen-bond acceptors (Lipinski definition) is 10. The van der Waals surface area contributed by atoms with Gasteiger partial charge in [0.15, 0.2) is 0 Å². The summed E-state index contributed by atoms with van der Waals surface area (Å²) < 4.78 is 54.1. The summed E-state index contributed by atoms with van der Waals surface area (Å²) in [7, 11) is -4.50. The summed E-state index contributed by atoms with van der Waals surface area (Å²) in [6.45, 7) is 3.69. The number of fused-ring (bicyclic) bond motifs is 3. The minimum Gasteiger partial charge on any atom is -0.449 e. The summed E-state index contributed by atoms with van der Waals surface area (Å²) in [6.07, 6.45) is 3.72. The van der Waals surface area contributed by atoms with Crippen LogP contribution in [0, 0.1) is 17.7 Å². The average Bonchev–Trinajstić information content (AvgIpc) is 3.42. The van der Waals surface area contributed by atoms with E-state index in [-0.39, 0.29) is 60.1 Å². The van der Waals surface area contributed by atoms with Gasteiger partial charge in [-0.05, 0) is 49.3 Å². The van der Waals surface area contributed by atoms with Crippen LogP contribution in [-0.2, 0) is 47.0 Å². The first-order valence-corrected chi connectivity index (χ1v) is 21.1. The van der Waals surface area contributed by atoms with Gasteiger partial charge < -0.3 is 25.0 Å². The van der Waals surface area contributed by atoms with Crippen molar-refractivity contribution in [1.29, 1.82) is 0 Å². The molecule has 1 aromatic heterocycles. The van der Waals surface area contributed by atoms with Gasteiger partial charge >= 0.3 is 12.2 Å². The summed E-state index contributed by atoms with van der Waals surface area (Å²) in [6, 6.07) is 3.29. The van der Waals surface area contributed by atoms with Gasteiger partial charge in [-0.2, -0.15) is 0 Å². The number of allylic oxidation sites excluding steroid dienone is 1. The monoisotopic (exact) mass is 841 g/mol. The minimum absolute atomic E-state index is 0.0250. The number of thiophene rings is 1. The van der Waals surface area contributed by atoms with Crippen molar-refractivity contribution in [1.82, 2.24) is 25.2 Å². The predicted octanol–water partition coefficient (Wildman–Crippen LogP) is 5.27. The Bertz CT molecular complexity index is 2000. The molecule has 298 valence electrons. The second-order valence-electron chi connectivity index (χ2n) is 14.6. The van der Waals surface area contributed by atoms with Gasteiger partial charge in [0, 0.05) is 24.4 Å². The van der Waals surface area contributed by atoms with E-state index in [1.54, 1.807) is 18.2 Å². The van der Waals surface area contributed by atoms with E-state index in [1.165, 1.54) is 15.9 Å². The van der Waals surface area contributed by atoms with Crippen molar-refractivity contribution in [2.45, 2.75) is 101 Å². The molecule has 2 aromatic rings. The predicted molar refractivity (Wildman–Crippen MR) is 200 cm³/mol. The number of carbonyl (C=O) groups excluding carboxylic acids is 5. The molecular formula is C36H42Cl2FN5O9S2. The fourth-order valence-corrected chi connectivity index (χ4v) is 10.3. The lowest BCUT2D eigenvalue weighted by Crippen LogP contribution is -2.58. The number of alkyl carbamates (subject to hydrolysis) is 1. The zero-order chi connectivity index (χ0) is 39.7. The van der Waals surface area contributed by atoms with Crippen molar-refractivity contribution < 1.29 is 46.3 Å². The Morgan fingerprint density at radius 3 is 2.64 bits per heavy atom. The van der Waals surface area contributed by atoms with Crippen LogP contribution < -0.4 is 15.4 Å². The summed E-state index contributed by atoms with van der Waals surface area (Å²) >= 11 is 12.9. The second kappa shape index (κ2) is 16.7. The first kappa shape index (κ1) is 40.7. The van der Waals surface area contributed by atoms with E-state index in [9.17, 15) is 36.8 Å². The lowest BCUT2D eigenvalue weighted by Gasteiger charge is -2.29. The fraction of sp³-hybridized carbons (Fsp3) is 0.528. The number of rotatable bonds is 7. The molecular weight excluding hydrogens is 800 g/mol. The first-order valence-electron chi connectivity index (χ1n) is 18.0. The molecule has 0 unspecified atom stereocenters. The van der Waals surface area contributed by atoms with Crippen LogP contribution in [0.4, 0.5) is 14.0 Å². The van der Waals surface area contributed by atoms with Crippen molar-refractivity contribution in [3.05, 3.63) is 62.0 Å². The van der Waals surface area contributed by atoms with Crippen LogP contribution in [0.2, 0.25) is 8.67 Å². The number of halogens is 3. The van der Waals surface area contributed by atoms with Crippen LogP contribution in [-0.4, -0.2) is 85.0 Å². The Labute approximate surface area is 332 Å². The molecule has 1 saturated carbocycles. The van der Waals surface area contributed by atoms with Gasteiger partial charge in [-0.15, -0.1) is 11.3 Å². The first-order chi connectivity index (χ1) is 26.1. The Hall–Kier alpha value is -3.93. The molecule has 55 heavy (non-hydrogen) atoms. The molecule has 19 heteroatoms. The lowest BCUT2D eigenvalue weighted by molar-refractivity contribution is -0.141. The molecule has 4 heterocycles. The minimum atomic E-state index is -4.50. The molecule has 0 spiro atoms. The van der Waals surface area contributed by atoms with E-state index in [4.69, 9.17) is 32.7 Å². The van der Waals surface area contributed by atoms with Gasteiger partial charge in [-0.1, -0.05) is 74.2 Å². The van der Waals surface area contributed by atoms with Gasteiger partial charge in [0.05, 0.1) is 24.0 Å². The number of sulfonamides is 1. The van der Waals surface area contributed by atoms with Crippen molar-refractivity contribution in [3.8, 4) is 0 Å². The van der Waals surface area contributed by atoms with E-state index >= 15 is 0 Å². The van der Waals surface area contributed by atoms with E-state index < -0.39 is 80.3 Å². The third-order valence-electron chi connectivity index (χ3n) is 10.1. The van der Waals surface area contributed by atoms with Crippen molar-refractivity contribution >= 4 is 74.5 Å². The quantitative estimate of drug-likeness (QED) is 0.313. The van der Waals surface area contributed by atoms with Crippen LogP contribution >= 0.6 is 34.5 Å². The van der Waals surface area contributed by atoms with Crippen LogP contribution in [0.1, 0.15) is 69.9 Å². The molecule has 3 N–H and O–H groups in total. The Morgan fingerprint density at radius 2 is 1.93 bits per heavy atom. The normalized spacial score (nSPS) is 25.6. The smallest absolute Gasteiger partial charge is 0.410 e. The average molecular weight is 843 g/mol. The molecule has 3 aliphatic heterocycles. The molecule has 1 aromatic carbocycles. The highest BCUT2D eigenvalue weighted by Crippen LogP contribution is 2.46. The summed E-state index contributed by atoms with van der Waals surface area (Å²) in [5, 5.41) is 5.39. The van der Waals surface area contributed by atoms with Crippen LogP contribution in [0.15, 0.2) is 41.3 Å². The number of nitrogens with one attached hydrogen (secondary N) is 3. The van der Waals surface area contributed by atoms with Gasteiger partial charge in [-0.25, -0.2) is 27.1 Å². The highest BCUT2D eigenvalue weighted by Gasteiger charge is 2.62. The zero-order valence-electron chi connectivity index (χ0n) is 30.1. The maximum absolute atomic E-state index is 14.4. The van der Waals surface area contributed by atoms with Gasteiger partial charge in [-0.3, -0.25) is 19.3 Å². The summed E-state index contributed by atoms with van der Waals surface area (Å²) in [4.78, 5) is 70.8. The van der Waals surface area contributed by atoms with Crippen molar-refractivity contribution in [2.75, 3.05) is 13.2 Å². The third kappa shape index (κ3) is 9.21. The number of amides is 5. The number of carbonyl (C=O) groups is 5. The van der Waals surface area contributed by atoms with Gasteiger partial charge in [0.1, 0.15) is 38.8 Å². The molecule has 0 bridgehead atoms. The molecule has 5 amide bonds. The Morgan fingerprint density at radius 1 is 1.15 bits per heavy atom. The van der Waals surface area contributed by atoms with E-state index in [2.05, 4.69) is 10.6 Å². The molecule has 6 rings (SSSR count). The molecule has 4 aliphatic rings. The molecule has 2 fully saturated rings. The zero-order valence-corrected chi connectivity index (χ0v) is 33.3. The standard InChI is InChI=1S/C36H42Cl2FN5O9S2/c1-20(2)19-52-34(48)40-26-12-7-5-3-4-6-10-22-15-36(22,33(47)42-55(50,51)28-14-29(37)54-30(28)38)41-31(45)27-13-23(17-44(27)32(26)46)53-35(49)43-16-21-9-8-11-25(39)24(21)18-43/h6,8-11,14,20,22-23,26-27H,3-5,7,12-13,15-19H2,1-2H3,(H,40,48)(H,41,45)(H,42,47)/t22-,23-,26+,27+,36-/m1/s1. The summed E-state index contributed by atoms with van der Waals surface area (Å²) in [5.74, 6) is -3.42. The molecule has 5 atom stereocenters.